The normalized spacial score (nSPS) is 33.2. The molecule has 1 N–H and O–H groups in total. The first kappa shape index (κ1) is 13.1. The Labute approximate surface area is 116 Å². The minimum Gasteiger partial charge on any atom is -0.391 e. The third-order valence-corrected chi connectivity index (χ3v) is 5.03. The summed E-state index contributed by atoms with van der Waals surface area (Å²) in [4.78, 5) is 2.58. The Balaban J connectivity index is 1.99. The van der Waals surface area contributed by atoms with Crippen LogP contribution in [-0.2, 0) is 5.54 Å². The van der Waals surface area contributed by atoms with Crippen molar-refractivity contribution in [3.63, 3.8) is 0 Å². The topological polar surface area (TPSA) is 23.5 Å². The third-order valence-electron chi connectivity index (χ3n) is 5.03. The molecule has 2 fully saturated rings. The molecule has 2 aliphatic rings. The average molecular weight is 259 g/mol. The Morgan fingerprint density at radius 2 is 1.68 bits per heavy atom. The van der Waals surface area contributed by atoms with E-state index in [9.17, 15) is 5.11 Å². The lowest BCUT2D eigenvalue weighted by molar-refractivity contribution is -0.0723. The molecule has 0 radical (unpaired) electrons. The van der Waals surface area contributed by atoms with Crippen molar-refractivity contribution in [2.45, 2.75) is 56.6 Å². The van der Waals surface area contributed by atoms with Crippen LogP contribution in [0.3, 0.4) is 0 Å². The number of piperidine rings is 1. The van der Waals surface area contributed by atoms with Crippen molar-refractivity contribution in [2.24, 2.45) is 0 Å². The second-order valence-corrected chi connectivity index (χ2v) is 6.10. The van der Waals surface area contributed by atoms with Crippen molar-refractivity contribution >= 4 is 0 Å². The van der Waals surface area contributed by atoms with Gasteiger partial charge >= 0.3 is 0 Å². The molecule has 2 heteroatoms. The van der Waals surface area contributed by atoms with E-state index in [-0.39, 0.29) is 11.6 Å². The highest BCUT2D eigenvalue weighted by Crippen LogP contribution is 2.43. The van der Waals surface area contributed by atoms with Gasteiger partial charge in [-0.1, -0.05) is 49.6 Å². The minimum absolute atomic E-state index is 0.111. The Kier molecular flexibility index (Phi) is 3.90. The fourth-order valence-corrected chi connectivity index (χ4v) is 4.05. The lowest BCUT2D eigenvalue weighted by atomic mass is 9.72. The first-order valence-electron chi connectivity index (χ1n) is 7.83. The summed E-state index contributed by atoms with van der Waals surface area (Å²) >= 11 is 0. The molecule has 1 aliphatic carbocycles. The molecule has 2 nitrogen and oxygen atoms in total. The van der Waals surface area contributed by atoms with Gasteiger partial charge in [-0.25, -0.2) is 0 Å². The zero-order valence-corrected chi connectivity index (χ0v) is 11.7. The van der Waals surface area contributed by atoms with Gasteiger partial charge in [0.2, 0.25) is 0 Å². The molecule has 1 saturated carbocycles. The van der Waals surface area contributed by atoms with Crippen LogP contribution in [0.2, 0.25) is 0 Å². The lowest BCUT2D eigenvalue weighted by Gasteiger charge is -2.51. The number of likely N-dealkylation sites (tertiary alicyclic amines) is 1. The van der Waals surface area contributed by atoms with Crippen molar-refractivity contribution in [3.05, 3.63) is 35.9 Å². The molecule has 0 unspecified atom stereocenters. The van der Waals surface area contributed by atoms with E-state index >= 15 is 0 Å². The second-order valence-electron chi connectivity index (χ2n) is 6.10. The average Bonchev–Trinajstić information content (AvgIpc) is 2.50. The maximum Gasteiger partial charge on any atom is 0.0765 e. The number of aliphatic hydroxyl groups is 1. The van der Waals surface area contributed by atoms with Crippen LogP contribution in [0.25, 0.3) is 0 Å². The van der Waals surface area contributed by atoms with E-state index in [2.05, 4.69) is 35.2 Å². The van der Waals surface area contributed by atoms with Gasteiger partial charge in [0.05, 0.1) is 11.6 Å². The summed E-state index contributed by atoms with van der Waals surface area (Å²) in [6.45, 7) is 2.29. The molecule has 3 rings (SSSR count). The van der Waals surface area contributed by atoms with Crippen molar-refractivity contribution < 1.29 is 5.11 Å². The predicted molar refractivity (Wildman–Crippen MR) is 78.0 cm³/mol. The van der Waals surface area contributed by atoms with Crippen LogP contribution in [-0.4, -0.2) is 29.2 Å². The number of benzene rings is 1. The summed E-state index contributed by atoms with van der Waals surface area (Å²) < 4.78 is 0. The lowest BCUT2D eigenvalue weighted by Crippen LogP contribution is -2.57. The molecule has 1 aliphatic heterocycles. The van der Waals surface area contributed by atoms with Gasteiger partial charge in [0, 0.05) is 0 Å². The maximum absolute atomic E-state index is 10.8. The van der Waals surface area contributed by atoms with Crippen LogP contribution in [0.4, 0.5) is 0 Å². The largest absolute Gasteiger partial charge is 0.391 e. The fourth-order valence-electron chi connectivity index (χ4n) is 4.05. The van der Waals surface area contributed by atoms with Crippen molar-refractivity contribution in [3.8, 4) is 0 Å². The fraction of sp³-hybridized carbons (Fsp3) is 0.647. The quantitative estimate of drug-likeness (QED) is 0.881. The highest BCUT2D eigenvalue weighted by Gasteiger charge is 2.46. The summed E-state index contributed by atoms with van der Waals surface area (Å²) in [6.07, 6.45) is 8.16. The molecule has 19 heavy (non-hydrogen) atoms. The van der Waals surface area contributed by atoms with Gasteiger partial charge in [-0.15, -0.1) is 0 Å². The van der Waals surface area contributed by atoms with E-state index in [0.717, 1.165) is 25.9 Å². The molecule has 1 heterocycles. The Morgan fingerprint density at radius 1 is 0.947 bits per heavy atom. The molecular weight excluding hydrogens is 234 g/mol. The molecule has 1 aromatic rings. The van der Waals surface area contributed by atoms with E-state index in [0.29, 0.717) is 0 Å². The molecule has 1 aromatic carbocycles. The summed E-state index contributed by atoms with van der Waals surface area (Å²) in [6, 6.07) is 10.7. The Hall–Kier alpha value is -0.860. The van der Waals surface area contributed by atoms with E-state index in [1.807, 2.05) is 0 Å². The Bertz CT molecular complexity index is 399. The second kappa shape index (κ2) is 5.64. The van der Waals surface area contributed by atoms with Gasteiger partial charge in [0.15, 0.2) is 0 Å². The third kappa shape index (κ3) is 2.32. The standard InChI is InChI=1S/C17H25NO/c19-16-11-5-6-12-17(16,15-9-3-1-4-10-15)18-13-7-2-8-14-18/h1,3-4,9-10,16,19H,2,5-8,11-14H2/t16-,17-/m1/s1. The first-order valence-corrected chi connectivity index (χ1v) is 7.83. The van der Waals surface area contributed by atoms with Gasteiger partial charge in [0.25, 0.3) is 0 Å². The van der Waals surface area contributed by atoms with Gasteiger partial charge in [0.1, 0.15) is 0 Å². The molecule has 1 saturated heterocycles. The van der Waals surface area contributed by atoms with Gasteiger partial charge in [-0.3, -0.25) is 4.90 Å². The van der Waals surface area contributed by atoms with Crippen LogP contribution in [0, 0.1) is 0 Å². The molecule has 0 spiro atoms. The number of hydrogen-bond donors (Lipinski definition) is 1. The van der Waals surface area contributed by atoms with E-state index in [1.165, 1.54) is 37.7 Å². The maximum atomic E-state index is 10.8. The van der Waals surface area contributed by atoms with Crippen LogP contribution >= 0.6 is 0 Å². The Morgan fingerprint density at radius 3 is 2.37 bits per heavy atom. The minimum atomic E-state index is -0.207. The zero-order chi connectivity index (χ0) is 13.1. The van der Waals surface area contributed by atoms with Crippen LogP contribution < -0.4 is 0 Å². The van der Waals surface area contributed by atoms with E-state index in [1.54, 1.807) is 0 Å². The number of nitrogens with zero attached hydrogens (tertiary/aromatic N) is 1. The molecule has 2 atom stereocenters. The zero-order valence-electron chi connectivity index (χ0n) is 11.7. The van der Waals surface area contributed by atoms with E-state index < -0.39 is 0 Å². The number of rotatable bonds is 2. The van der Waals surface area contributed by atoms with Crippen molar-refractivity contribution in [2.75, 3.05) is 13.1 Å². The van der Waals surface area contributed by atoms with Crippen LogP contribution in [0.15, 0.2) is 30.3 Å². The van der Waals surface area contributed by atoms with Crippen LogP contribution in [0.5, 0.6) is 0 Å². The summed E-state index contributed by atoms with van der Waals surface area (Å²) in [7, 11) is 0. The monoisotopic (exact) mass is 259 g/mol. The van der Waals surface area contributed by atoms with E-state index in [4.69, 9.17) is 0 Å². The highest BCUT2D eigenvalue weighted by molar-refractivity contribution is 5.27. The summed E-state index contributed by atoms with van der Waals surface area (Å²) in [5.41, 5.74) is 1.21. The molecule has 0 amide bonds. The highest BCUT2D eigenvalue weighted by atomic mass is 16.3. The number of aliphatic hydroxyl groups excluding tert-OH is 1. The van der Waals surface area contributed by atoms with Gasteiger partial charge in [-0.2, -0.15) is 0 Å². The molecular formula is C17H25NO. The smallest absolute Gasteiger partial charge is 0.0765 e. The van der Waals surface area contributed by atoms with Gasteiger partial charge in [-0.05, 0) is 44.3 Å². The van der Waals surface area contributed by atoms with Crippen molar-refractivity contribution in [1.82, 2.24) is 4.90 Å². The number of hydrogen-bond acceptors (Lipinski definition) is 2. The van der Waals surface area contributed by atoms with Gasteiger partial charge < -0.3 is 5.11 Å². The van der Waals surface area contributed by atoms with Crippen molar-refractivity contribution in [1.29, 1.82) is 0 Å². The summed E-state index contributed by atoms with van der Waals surface area (Å²) in [5.74, 6) is 0. The predicted octanol–water partition coefficient (Wildman–Crippen LogP) is 3.30. The molecule has 0 bridgehead atoms. The summed E-state index contributed by atoms with van der Waals surface area (Å²) in [5, 5.41) is 10.8. The van der Waals surface area contributed by atoms with Crippen LogP contribution in [0.1, 0.15) is 50.5 Å². The SMILES string of the molecule is O[C@@H]1CCCC[C@]1(c1ccccc1)N1CCCCC1. The molecule has 104 valence electrons. The first-order chi connectivity index (χ1) is 9.34. The molecule has 0 aromatic heterocycles.